The van der Waals surface area contributed by atoms with Crippen molar-refractivity contribution >= 4 is 11.8 Å². The number of primary amides is 1. The van der Waals surface area contributed by atoms with Gasteiger partial charge in [-0.2, -0.15) is 13.2 Å². The highest BCUT2D eigenvalue weighted by molar-refractivity contribution is 5.87. The van der Waals surface area contributed by atoms with Crippen LogP contribution in [-0.4, -0.2) is 76.0 Å². The minimum absolute atomic E-state index is 0.185. The van der Waals surface area contributed by atoms with Gasteiger partial charge in [-0.05, 0) is 43.1 Å². The predicted octanol–water partition coefficient (Wildman–Crippen LogP) is 3.17. The number of hydrogen-bond acceptors (Lipinski definition) is 7. The largest absolute Gasteiger partial charge is 0.458 e. The smallest absolute Gasteiger partial charge is 0.405 e. The summed E-state index contributed by atoms with van der Waals surface area (Å²) in [5.74, 6) is 0.120. The maximum Gasteiger partial charge on any atom is 0.405 e. The van der Waals surface area contributed by atoms with Gasteiger partial charge in [-0.1, -0.05) is 30.3 Å². The highest BCUT2D eigenvalue weighted by atomic mass is 19.4. The molecule has 3 heterocycles. The van der Waals surface area contributed by atoms with Crippen LogP contribution in [0.1, 0.15) is 30.6 Å². The minimum atomic E-state index is -4.55. The van der Waals surface area contributed by atoms with E-state index < -0.39 is 30.1 Å². The number of unbranched alkanes of at least 4 members (excludes halogenated alkanes) is 1. The van der Waals surface area contributed by atoms with Crippen LogP contribution in [0.2, 0.25) is 0 Å². The van der Waals surface area contributed by atoms with Crippen molar-refractivity contribution in [2.45, 2.75) is 43.9 Å². The van der Waals surface area contributed by atoms with E-state index in [1.54, 1.807) is 18.3 Å². The van der Waals surface area contributed by atoms with Crippen LogP contribution < -0.4 is 11.1 Å². The number of aromatic nitrogens is 2. The number of nitrogens with one attached hydrogen (secondary N) is 1. The number of furan rings is 1. The Morgan fingerprint density at radius 3 is 2.58 bits per heavy atom. The molecule has 0 spiro atoms. The second-order valence-electron chi connectivity index (χ2n) is 9.97. The summed E-state index contributed by atoms with van der Waals surface area (Å²) in [6.45, 7) is 0.587. The van der Waals surface area contributed by atoms with Crippen LogP contribution in [0.15, 0.2) is 65.5 Å². The third kappa shape index (κ3) is 7.89. The second kappa shape index (κ2) is 13.1. The molecule has 9 nitrogen and oxygen atoms in total. The van der Waals surface area contributed by atoms with Gasteiger partial charge in [0, 0.05) is 38.7 Å². The first-order valence-corrected chi connectivity index (χ1v) is 13.1. The lowest BCUT2D eigenvalue weighted by Crippen LogP contribution is -2.70. The Hall–Kier alpha value is -3.77. The van der Waals surface area contributed by atoms with Gasteiger partial charge in [0.2, 0.25) is 11.8 Å². The maximum absolute atomic E-state index is 13.7. The molecule has 214 valence electrons. The number of alkyl halides is 3. The Morgan fingerprint density at radius 2 is 1.88 bits per heavy atom. The SMILES string of the molecule is NC(=O)CCCCN1CCN(Cc2ccc(-c3ccncn3)o2)CC1(Cc1ccccc1)C(=O)NCC(F)(F)F. The molecular formula is C28H33F3N6O3. The highest BCUT2D eigenvalue weighted by Gasteiger charge is 2.48. The zero-order chi connectivity index (χ0) is 28.6. The number of rotatable bonds is 12. The van der Waals surface area contributed by atoms with Crippen molar-refractivity contribution in [2.75, 3.05) is 32.7 Å². The number of benzene rings is 1. The molecule has 0 saturated carbocycles. The molecule has 1 atom stereocenters. The van der Waals surface area contributed by atoms with Crippen LogP contribution in [0.25, 0.3) is 11.5 Å². The van der Waals surface area contributed by atoms with E-state index in [4.69, 9.17) is 10.2 Å². The zero-order valence-electron chi connectivity index (χ0n) is 22.1. The van der Waals surface area contributed by atoms with Crippen LogP contribution >= 0.6 is 0 Å². The standard InChI is InChI=1S/C28H33F3N6O3/c29-28(30,31)18-34-26(39)27(16-21-6-2-1-3-7-21)19-36(14-15-37(27)13-5-4-8-25(32)38)17-22-9-10-24(40-22)23-11-12-33-20-35-23/h1-3,6-7,9-12,20H,4-5,8,13-19H2,(H2,32,38)(H,34,39). The predicted molar refractivity (Wildman–Crippen MR) is 142 cm³/mol. The molecule has 1 fully saturated rings. The fourth-order valence-electron chi connectivity index (χ4n) is 5.09. The van der Waals surface area contributed by atoms with Gasteiger partial charge in [0.1, 0.15) is 29.9 Å². The van der Waals surface area contributed by atoms with Crippen molar-refractivity contribution in [3.05, 3.63) is 72.4 Å². The summed E-state index contributed by atoms with van der Waals surface area (Å²) >= 11 is 0. The van der Waals surface area contributed by atoms with Crippen molar-refractivity contribution in [1.82, 2.24) is 25.1 Å². The lowest BCUT2D eigenvalue weighted by molar-refractivity contribution is -0.150. The first-order valence-electron chi connectivity index (χ1n) is 13.1. The summed E-state index contributed by atoms with van der Waals surface area (Å²) in [7, 11) is 0. The molecule has 40 heavy (non-hydrogen) atoms. The summed E-state index contributed by atoms with van der Waals surface area (Å²) in [6, 6.07) is 14.6. The van der Waals surface area contributed by atoms with E-state index in [1.165, 1.54) is 6.33 Å². The van der Waals surface area contributed by atoms with Crippen LogP contribution in [0, 0.1) is 0 Å². The molecule has 1 saturated heterocycles. The molecule has 0 bridgehead atoms. The third-order valence-electron chi connectivity index (χ3n) is 6.96. The van der Waals surface area contributed by atoms with Crippen molar-refractivity contribution in [2.24, 2.45) is 5.73 Å². The molecule has 0 radical (unpaired) electrons. The summed E-state index contributed by atoms with van der Waals surface area (Å²) < 4.78 is 45.5. The van der Waals surface area contributed by atoms with Crippen LogP contribution in [0.5, 0.6) is 0 Å². The number of carbonyl (C=O) groups excluding carboxylic acids is 2. The number of amides is 2. The topological polar surface area (TPSA) is 118 Å². The maximum atomic E-state index is 13.7. The van der Waals surface area contributed by atoms with Crippen LogP contribution in [-0.2, 0) is 22.6 Å². The summed E-state index contributed by atoms with van der Waals surface area (Å²) in [6.07, 6.45) is 0.0251. The molecule has 1 aliphatic rings. The van der Waals surface area contributed by atoms with Gasteiger partial charge < -0.3 is 15.5 Å². The van der Waals surface area contributed by atoms with Gasteiger partial charge in [-0.15, -0.1) is 0 Å². The molecule has 3 aromatic rings. The molecule has 1 aliphatic heterocycles. The minimum Gasteiger partial charge on any atom is -0.458 e. The van der Waals surface area contributed by atoms with Gasteiger partial charge in [0.25, 0.3) is 0 Å². The van der Waals surface area contributed by atoms with Gasteiger partial charge in [0.15, 0.2) is 5.76 Å². The number of hydrogen-bond donors (Lipinski definition) is 2. The number of halogens is 3. The highest BCUT2D eigenvalue weighted by Crippen LogP contribution is 2.30. The molecule has 1 aromatic carbocycles. The monoisotopic (exact) mass is 558 g/mol. The van der Waals surface area contributed by atoms with Gasteiger partial charge in [-0.25, -0.2) is 9.97 Å². The van der Waals surface area contributed by atoms with E-state index in [1.807, 2.05) is 46.2 Å². The molecule has 2 amide bonds. The van der Waals surface area contributed by atoms with E-state index in [0.717, 1.165) is 5.56 Å². The second-order valence-corrected chi connectivity index (χ2v) is 9.97. The number of nitrogens with two attached hydrogens (primary N) is 1. The van der Waals surface area contributed by atoms with E-state index in [-0.39, 0.29) is 19.4 Å². The van der Waals surface area contributed by atoms with Gasteiger partial charge in [0.05, 0.1) is 6.54 Å². The molecule has 1 unspecified atom stereocenters. The van der Waals surface area contributed by atoms with Gasteiger partial charge in [-0.3, -0.25) is 19.4 Å². The Bertz CT molecular complexity index is 1250. The van der Waals surface area contributed by atoms with Crippen molar-refractivity contribution < 1.29 is 27.2 Å². The average Bonchev–Trinajstić information content (AvgIpc) is 3.39. The Labute approximate surface area is 230 Å². The molecule has 3 N–H and O–H groups in total. The number of carbonyl (C=O) groups is 2. The van der Waals surface area contributed by atoms with Crippen LogP contribution in [0.4, 0.5) is 13.2 Å². The summed E-state index contributed by atoms with van der Waals surface area (Å²) in [5, 5.41) is 2.16. The fraction of sp³-hybridized carbons (Fsp3) is 0.429. The third-order valence-corrected chi connectivity index (χ3v) is 6.96. The Kier molecular flexibility index (Phi) is 9.54. The first kappa shape index (κ1) is 29.2. The average molecular weight is 559 g/mol. The first-order chi connectivity index (χ1) is 19.1. The number of nitrogens with zero attached hydrogens (tertiary/aromatic N) is 4. The van der Waals surface area contributed by atoms with E-state index in [0.29, 0.717) is 56.2 Å². The molecule has 4 rings (SSSR count). The normalized spacial score (nSPS) is 18.5. The Balaban J connectivity index is 1.60. The quantitative estimate of drug-likeness (QED) is 0.328. The zero-order valence-corrected chi connectivity index (χ0v) is 22.1. The van der Waals surface area contributed by atoms with Crippen LogP contribution in [0.3, 0.4) is 0 Å². The van der Waals surface area contributed by atoms with Crippen molar-refractivity contribution in [3.63, 3.8) is 0 Å². The van der Waals surface area contributed by atoms with E-state index in [9.17, 15) is 22.8 Å². The molecule has 0 aliphatic carbocycles. The lowest BCUT2D eigenvalue weighted by Gasteiger charge is -2.50. The molecular weight excluding hydrogens is 525 g/mol. The van der Waals surface area contributed by atoms with Gasteiger partial charge >= 0.3 is 6.18 Å². The lowest BCUT2D eigenvalue weighted by atomic mass is 9.84. The molecule has 12 heteroatoms. The Morgan fingerprint density at radius 1 is 1.07 bits per heavy atom. The van der Waals surface area contributed by atoms with E-state index in [2.05, 4.69) is 15.3 Å². The van der Waals surface area contributed by atoms with Crippen molar-refractivity contribution in [1.29, 1.82) is 0 Å². The summed E-state index contributed by atoms with van der Waals surface area (Å²) in [4.78, 5) is 37.0. The number of piperazine rings is 1. The fourth-order valence-corrected chi connectivity index (χ4v) is 5.09. The molecule has 2 aromatic heterocycles. The van der Waals surface area contributed by atoms with Crippen molar-refractivity contribution in [3.8, 4) is 11.5 Å². The van der Waals surface area contributed by atoms with E-state index >= 15 is 0 Å². The summed E-state index contributed by atoms with van der Waals surface area (Å²) in [5.41, 5.74) is 5.46.